The fraction of sp³-hybridized carbons (Fsp3) is 0.238. The number of benzene rings is 2. The molecule has 0 unspecified atom stereocenters. The summed E-state index contributed by atoms with van der Waals surface area (Å²) in [6, 6.07) is 10.3. The molecule has 0 radical (unpaired) electrons. The molecule has 2 aromatic heterocycles. The van der Waals surface area contributed by atoms with Gasteiger partial charge in [-0.3, -0.25) is 9.88 Å². The van der Waals surface area contributed by atoms with Gasteiger partial charge in [-0.1, -0.05) is 6.07 Å². The van der Waals surface area contributed by atoms with Crippen molar-refractivity contribution in [3.8, 4) is 21.8 Å². The second-order valence-corrected chi connectivity index (χ2v) is 7.81. The number of aromatic nitrogens is 2. The first-order chi connectivity index (χ1) is 14.2. The predicted molar refractivity (Wildman–Crippen MR) is 109 cm³/mol. The normalized spacial score (nSPS) is 15.2. The van der Waals surface area contributed by atoms with Crippen molar-refractivity contribution in [2.75, 3.05) is 26.3 Å². The summed E-state index contributed by atoms with van der Waals surface area (Å²) in [5.74, 6) is -0.725. The van der Waals surface area contributed by atoms with Crippen LogP contribution in [0.3, 0.4) is 0 Å². The van der Waals surface area contributed by atoms with E-state index in [1.807, 2.05) is 11.4 Å². The van der Waals surface area contributed by atoms with Gasteiger partial charge in [-0.15, -0.1) is 11.3 Å². The van der Waals surface area contributed by atoms with Gasteiger partial charge in [-0.2, -0.15) is 0 Å². The van der Waals surface area contributed by atoms with Gasteiger partial charge in [-0.05, 0) is 35.9 Å². The van der Waals surface area contributed by atoms with Crippen LogP contribution >= 0.6 is 11.3 Å². The molecule has 0 saturated carbocycles. The van der Waals surface area contributed by atoms with Crippen molar-refractivity contribution in [3.63, 3.8) is 0 Å². The lowest BCUT2D eigenvalue weighted by Gasteiger charge is -2.27. The topological polar surface area (TPSA) is 71.4 Å². The highest BCUT2D eigenvalue weighted by atomic mass is 32.1. The summed E-state index contributed by atoms with van der Waals surface area (Å²) in [5.41, 5.74) is 4.65. The SMILES string of the molecule is O=c1[nH]c2ccc(-c3csc(-c4ccc(F)cc4CN4CCOCC4)n3)cc2o1. The highest BCUT2D eigenvalue weighted by Crippen LogP contribution is 2.33. The lowest BCUT2D eigenvalue weighted by molar-refractivity contribution is 0.0342. The summed E-state index contributed by atoms with van der Waals surface area (Å²) in [4.78, 5) is 21.0. The maximum atomic E-state index is 13.9. The maximum absolute atomic E-state index is 13.9. The fourth-order valence-electron chi connectivity index (χ4n) is 3.54. The van der Waals surface area contributed by atoms with Crippen molar-refractivity contribution in [1.29, 1.82) is 0 Å². The molecule has 0 amide bonds. The zero-order valence-electron chi connectivity index (χ0n) is 15.5. The maximum Gasteiger partial charge on any atom is 0.417 e. The molecule has 0 aliphatic carbocycles. The van der Waals surface area contributed by atoms with Crippen LogP contribution < -0.4 is 5.76 Å². The van der Waals surface area contributed by atoms with E-state index in [4.69, 9.17) is 14.1 Å². The van der Waals surface area contributed by atoms with Crippen LogP contribution in [-0.2, 0) is 11.3 Å². The third kappa shape index (κ3) is 3.74. The van der Waals surface area contributed by atoms with E-state index in [9.17, 15) is 9.18 Å². The van der Waals surface area contributed by atoms with E-state index in [0.717, 1.165) is 40.5 Å². The molecule has 1 saturated heterocycles. The summed E-state index contributed by atoms with van der Waals surface area (Å²) in [6.07, 6.45) is 0. The van der Waals surface area contributed by atoms with Gasteiger partial charge >= 0.3 is 5.76 Å². The minimum atomic E-state index is -0.477. The highest BCUT2D eigenvalue weighted by Gasteiger charge is 2.17. The summed E-state index contributed by atoms with van der Waals surface area (Å²) < 4.78 is 24.5. The number of hydrogen-bond acceptors (Lipinski definition) is 6. The molecule has 5 rings (SSSR count). The predicted octanol–water partition coefficient (Wildman–Crippen LogP) is 3.88. The van der Waals surface area contributed by atoms with Crippen molar-refractivity contribution in [2.24, 2.45) is 0 Å². The lowest BCUT2D eigenvalue weighted by Crippen LogP contribution is -2.35. The monoisotopic (exact) mass is 411 g/mol. The van der Waals surface area contributed by atoms with Crippen molar-refractivity contribution < 1.29 is 13.5 Å². The Bertz CT molecular complexity index is 1220. The third-order valence-electron chi connectivity index (χ3n) is 5.02. The van der Waals surface area contributed by atoms with E-state index in [2.05, 4.69) is 9.88 Å². The number of thiazole rings is 1. The van der Waals surface area contributed by atoms with Gasteiger partial charge in [0.1, 0.15) is 10.8 Å². The third-order valence-corrected chi connectivity index (χ3v) is 5.89. The Balaban J connectivity index is 1.48. The van der Waals surface area contributed by atoms with Crippen molar-refractivity contribution >= 4 is 22.4 Å². The van der Waals surface area contributed by atoms with Crippen LogP contribution in [0.25, 0.3) is 32.9 Å². The van der Waals surface area contributed by atoms with Crippen molar-refractivity contribution in [3.05, 3.63) is 63.7 Å². The minimum absolute atomic E-state index is 0.248. The van der Waals surface area contributed by atoms with E-state index >= 15 is 0 Å². The van der Waals surface area contributed by atoms with E-state index in [-0.39, 0.29) is 5.82 Å². The van der Waals surface area contributed by atoms with Gasteiger partial charge < -0.3 is 9.15 Å². The van der Waals surface area contributed by atoms with Gasteiger partial charge in [-0.25, -0.2) is 14.2 Å². The summed E-state index contributed by atoms with van der Waals surface area (Å²) >= 11 is 1.51. The smallest absolute Gasteiger partial charge is 0.408 e. The quantitative estimate of drug-likeness (QED) is 0.552. The standard InChI is InChI=1S/C21H18FN3O3S/c22-15-2-3-16(14(9-15)11-25-5-7-27-8-6-25)20-23-18(12-29-20)13-1-4-17-19(10-13)28-21(26)24-17/h1-4,9-10,12H,5-8,11H2,(H,24,26). The molecular formula is C21H18FN3O3S. The molecule has 0 bridgehead atoms. The number of nitrogens with one attached hydrogen (secondary N) is 1. The molecule has 1 N–H and O–H groups in total. The van der Waals surface area contributed by atoms with Crippen LogP contribution in [0.1, 0.15) is 5.56 Å². The van der Waals surface area contributed by atoms with E-state index < -0.39 is 5.76 Å². The molecule has 0 atom stereocenters. The zero-order valence-corrected chi connectivity index (χ0v) is 16.3. The molecule has 1 aliphatic heterocycles. The van der Waals surface area contributed by atoms with Gasteiger partial charge in [0.25, 0.3) is 0 Å². The molecule has 0 spiro atoms. The van der Waals surface area contributed by atoms with E-state index in [0.29, 0.717) is 30.9 Å². The number of aromatic amines is 1. The van der Waals surface area contributed by atoms with Crippen LogP contribution in [0, 0.1) is 5.82 Å². The van der Waals surface area contributed by atoms with Gasteiger partial charge in [0, 0.05) is 36.1 Å². The average Bonchev–Trinajstić information content (AvgIpc) is 3.34. The van der Waals surface area contributed by atoms with Gasteiger partial charge in [0.2, 0.25) is 0 Å². The lowest BCUT2D eigenvalue weighted by atomic mass is 10.1. The Hall–Kier alpha value is -2.81. The Morgan fingerprint density at radius 1 is 1.17 bits per heavy atom. The number of nitrogens with zero attached hydrogens (tertiary/aromatic N) is 2. The summed E-state index contributed by atoms with van der Waals surface area (Å²) in [7, 11) is 0. The molecule has 8 heteroatoms. The number of rotatable bonds is 4. The van der Waals surface area contributed by atoms with Crippen molar-refractivity contribution in [2.45, 2.75) is 6.54 Å². The number of morpholine rings is 1. The number of hydrogen-bond donors (Lipinski definition) is 1. The van der Waals surface area contributed by atoms with Crippen molar-refractivity contribution in [1.82, 2.24) is 14.9 Å². The van der Waals surface area contributed by atoms with Crippen LogP contribution in [-0.4, -0.2) is 41.2 Å². The minimum Gasteiger partial charge on any atom is -0.408 e. The molecule has 4 aromatic rings. The van der Waals surface area contributed by atoms with Crippen LogP contribution in [0.2, 0.25) is 0 Å². The highest BCUT2D eigenvalue weighted by molar-refractivity contribution is 7.13. The van der Waals surface area contributed by atoms with E-state index in [1.165, 1.54) is 17.4 Å². The Labute approximate surface area is 169 Å². The zero-order chi connectivity index (χ0) is 19.8. The summed E-state index contributed by atoms with van der Waals surface area (Å²) in [5, 5.41) is 2.79. The molecule has 29 heavy (non-hydrogen) atoms. The molecule has 1 aliphatic rings. The van der Waals surface area contributed by atoms with Crippen LogP contribution in [0.4, 0.5) is 4.39 Å². The largest absolute Gasteiger partial charge is 0.417 e. The first kappa shape index (κ1) is 18.2. The molecule has 2 aromatic carbocycles. The second kappa shape index (κ2) is 7.55. The average molecular weight is 411 g/mol. The fourth-order valence-corrected chi connectivity index (χ4v) is 4.43. The van der Waals surface area contributed by atoms with Gasteiger partial charge in [0.05, 0.1) is 24.4 Å². The first-order valence-electron chi connectivity index (χ1n) is 9.33. The molecular weight excluding hydrogens is 393 g/mol. The first-order valence-corrected chi connectivity index (χ1v) is 10.2. The van der Waals surface area contributed by atoms with E-state index in [1.54, 1.807) is 24.3 Å². The van der Waals surface area contributed by atoms with Crippen LogP contribution in [0.5, 0.6) is 0 Å². The Kier molecular flexibility index (Phi) is 4.75. The Morgan fingerprint density at radius 2 is 2.03 bits per heavy atom. The summed E-state index contributed by atoms with van der Waals surface area (Å²) in [6.45, 7) is 3.72. The Morgan fingerprint density at radius 3 is 2.90 bits per heavy atom. The van der Waals surface area contributed by atoms with Crippen LogP contribution in [0.15, 0.2) is 51.0 Å². The number of ether oxygens (including phenoxy) is 1. The van der Waals surface area contributed by atoms with Gasteiger partial charge in [0.15, 0.2) is 5.58 Å². The molecule has 148 valence electrons. The number of halogens is 1. The molecule has 3 heterocycles. The second-order valence-electron chi connectivity index (χ2n) is 6.95. The molecule has 6 nitrogen and oxygen atoms in total. The molecule has 1 fully saturated rings. The number of H-pyrrole nitrogens is 1. The number of oxazole rings is 1. The number of fused-ring (bicyclic) bond motifs is 1.